The molecule has 8 heteroatoms. The third kappa shape index (κ3) is 5.26. The van der Waals surface area contributed by atoms with Gasteiger partial charge in [-0.1, -0.05) is 12.1 Å². The lowest BCUT2D eigenvalue weighted by atomic mass is 9.89. The van der Waals surface area contributed by atoms with Gasteiger partial charge >= 0.3 is 0 Å². The SMILES string of the molecule is COc1ccc(CN2CCC(C(NC(=O)c3ccccn3)c3nccs3)CC2)c(F)c1. The van der Waals surface area contributed by atoms with E-state index >= 15 is 0 Å². The summed E-state index contributed by atoms with van der Waals surface area (Å²) in [5, 5.41) is 5.98. The molecule has 31 heavy (non-hydrogen) atoms. The Morgan fingerprint density at radius 1 is 1.26 bits per heavy atom. The molecule has 162 valence electrons. The second kappa shape index (κ2) is 9.98. The minimum atomic E-state index is -0.246. The molecule has 1 aliphatic rings. The number of thiazole rings is 1. The number of carbonyl (C=O) groups is 1. The van der Waals surface area contributed by atoms with Crippen molar-refractivity contribution in [1.82, 2.24) is 20.2 Å². The number of aromatic nitrogens is 2. The van der Waals surface area contributed by atoms with Gasteiger partial charge < -0.3 is 10.1 Å². The smallest absolute Gasteiger partial charge is 0.270 e. The van der Waals surface area contributed by atoms with Crippen LogP contribution in [0.4, 0.5) is 4.39 Å². The lowest BCUT2D eigenvalue weighted by Crippen LogP contribution is -2.40. The largest absolute Gasteiger partial charge is 0.497 e. The first-order valence-electron chi connectivity index (χ1n) is 10.3. The van der Waals surface area contributed by atoms with Crippen LogP contribution in [0.2, 0.25) is 0 Å². The molecule has 1 saturated heterocycles. The molecule has 0 radical (unpaired) electrons. The van der Waals surface area contributed by atoms with Crippen LogP contribution in [0.25, 0.3) is 0 Å². The normalized spacial score (nSPS) is 16.1. The molecule has 1 atom stereocenters. The van der Waals surface area contributed by atoms with Crippen molar-refractivity contribution in [3.05, 3.63) is 76.3 Å². The summed E-state index contributed by atoms with van der Waals surface area (Å²) in [5.74, 6) is 0.346. The number of pyridine rings is 1. The van der Waals surface area contributed by atoms with E-state index < -0.39 is 0 Å². The van der Waals surface area contributed by atoms with E-state index in [1.807, 2.05) is 5.38 Å². The fraction of sp³-hybridized carbons (Fsp3) is 0.348. The molecule has 0 spiro atoms. The highest BCUT2D eigenvalue weighted by Gasteiger charge is 2.31. The van der Waals surface area contributed by atoms with Gasteiger partial charge in [0.05, 0.1) is 13.2 Å². The number of halogens is 1. The molecule has 0 bridgehead atoms. The average Bonchev–Trinajstić information content (AvgIpc) is 3.34. The van der Waals surface area contributed by atoms with Gasteiger partial charge in [-0.15, -0.1) is 11.3 Å². The lowest BCUT2D eigenvalue weighted by molar-refractivity contribution is 0.0885. The topological polar surface area (TPSA) is 67.3 Å². The van der Waals surface area contributed by atoms with Gasteiger partial charge in [-0.3, -0.25) is 14.7 Å². The van der Waals surface area contributed by atoms with Crippen LogP contribution in [0.3, 0.4) is 0 Å². The van der Waals surface area contributed by atoms with Crippen LogP contribution < -0.4 is 10.1 Å². The third-order valence-electron chi connectivity index (χ3n) is 5.66. The van der Waals surface area contributed by atoms with Gasteiger partial charge in [-0.2, -0.15) is 0 Å². The highest BCUT2D eigenvalue weighted by atomic mass is 32.1. The predicted octanol–water partition coefficient (Wildman–Crippen LogP) is 4.07. The maximum absolute atomic E-state index is 14.3. The number of likely N-dealkylation sites (tertiary alicyclic amines) is 1. The molecule has 6 nitrogen and oxygen atoms in total. The van der Waals surface area contributed by atoms with Gasteiger partial charge in [0, 0.05) is 35.9 Å². The van der Waals surface area contributed by atoms with Crippen LogP contribution in [-0.2, 0) is 6.54 Å². The van der Waals surface area contributed by atoms with E-state index in [1.165, 1.54) is 13.2 Å². The lowest BCUT2D eigenvalue weighted by Gasteiger charge is -2.35. The maximum Gasteiger partial charge on any atom is 0.270 e. The number of nitrogens with zero attached hydrogens (tertiary/aromatic N) is 3. The van der Waals surface area contributed by atoms with Crippen LogP contribution in [-0.4, -0.2) is 41.0 Å². The van der Waals surface area contributed by atoms with Crippen molar-refractivity contribution >= 4 is 17.2 Å². The Bertz CT molecular complexity index is 992. The van der Waals surface area contributed by atoms with Crippen LogP contribution in [0.1, 0.15) is 39.9 Å². The van der Waals surface area contributed by atoms with E-state index in [0.717, 1.165) is 30.9 Å². The first-order valence-corrected chi connectivity index (χ1v) is 11.2. The second-order valence-corrected chi connectivity index (χ2v) is 8.53. The highest BCUT2D eigenvalue weighted by Crippen LogP contribution is 2.33. The number of piperidine rings is 1. The minimum absolute atomic E-state index is 0.158. The summed E-state index contributed by atoms with van der Waals surface area (Å²) in [6.45, 7) is 2.22. The molecule has 3 aromatic rings. The Kier molecular flexibility index (Phi) is 6.89. The molecule has 3 heterocycles. The molecule has 2 aromatic heterocycles. The summed E-state index contributed by atoms with van der Waals surface area (Å²) in [5.41, 5.74) is 1.07. The number of benzene rings is 1. The standard InChI is InChI=1S/C23H25FN4O2S/c1-30-18-6-5-17(19(24)14-18)15-28-11-7-16(8-12-28)21(23-26-10-13-31-23)27-22(29)20-4-2-3-9-25-20/h2-6,9-10,13-14,16,21H,7-8,11-12,15H2,1H3,(H,27,29). The molecule has 1 aromatic carbocycles. The maximum atomic E-state index is 14.3. The summed E-state index contributed by atoms with van der Waals surface area (Å²) < 4.78 is 19.4. The average molecular weight is 441 g/mol. The third-order valence-corrected chi connectivity index (χ3v) is 6.52. The Morgan fingerprint density at radius 3 is 2.74 bits per heavy atom. The zero-order chi connectivity index (χ0) is 21.6. The summed E-state index contributed by atoms with van der Waals surface area (Å²) >= 11 is 1.55. The number of rotatable bonds is 7. The zero-order valence-corrected chi connectivity index (χ0v) is 18.1. The van der Waals surface area contributed by atoms with Crippen LogP contribution in [0.15, 0.2) is 54.2 Å². The van der Waals surface area contributed by atoms with E-state index in [-0.39, 0.29) is 23.7 Å². The Hall–Kier alpha value is -2.84. The molecule has 0 saturated carbocycles. The van der Waals surface area contributed by atoms with Crippen molar-refractivity contribution in [2.24, 2.45) is 5.92 Å². The first kappa shape index (κ1) is 21.4. The second-order valence-electron chi connectivity index (χ2n) is 7.61. The Morgan fingerprint density at radius 2 is 2.10 bits per heavy atom. The molecule has 1 amide bonds. The Labute approximate surface area is 185 Å². The van der Waals surface area contributed by atoms with Crippen molar-refractivity contribution in [3.8, 4) is 5.75 Å². The molecular formula is C23H25FN4O2S. The molecule has 1 unspecified atom stereocenters. The van der Waals surface area contributed by atoms with Gasteiger partial charge in [0.2, 0.25) is 0 Å². The predicted molar refractivity (Wildman–Crippen MR) is 118 cm³/mol. The van der Waals surface area contributed by atoms with Crippen LogP contribution in [0, 0.1) is 11.7 Å². The van der Waals surface area contributed by atoms with Gasteiger partial charge in [-0.05, 0) is 50.0 Å². The fourth-order valence-corrected chi connectivity index (χ4v) is 4.73. The van der Waals surface area contributed by atoms with Gasteiger partial charge in [0.1, 0.15) is 22.3 Å². The summed E-state index contributed by atoms with van der Waals surface area (Å²) in [4.78, 5) is 23.6. The van der Waals surface area contributed by atoms with Crippen LogP contribution >= 0.6 is 11.3 Å². The zero-order valence-electron chi connectivity index (χ0n) is 17.3. The monoisotopic (exact) mass is 440 g/mol. The van der Waals surface area contributed by atoms with Crippen molar-refractivity contribution in [3.63, 3.8) is 0 Å². The molecule has 1 aliphatic heterocycles. The van der Waals surface area contributed by atoms with Crippen molar-refractivity contribution < 1.29 is 13.9 Å². The number of carbonyl (C=O) groups excluding carboxylic acids is 1. The van der Waals surface area contributed by atoms with Gasteiger partial charge in [-0.25, -0.2) is 9.37 Å². The van der Waals surface area contributed by atoms with E-state index in [2.05, 4.69) is 20.2 Å². The quantitative estimate of drug-likeness (QED) is 0.600. The van der Waals surface area contributed by atoms with E-state index in [4.69, 9.17) is 4.74 Å². The molecule has 1 N–H and O–H groups in total. The molecular weight excluding hydrogens is 415 g/mol. The summed E-state index contributed by atoms with van der Waals surface area (Å²) in [7, 11) is 1.53. The van der Waals surface area contributed by atoms with Crippen LogP contribution in [0.5, 0.6) is 5.75 Å². The number of ether oxygens (including phenoxy) is 1. The number of hydrogen-bond acceptors (Lipinski definition) is 6. The number of methoxy groups -OCH3 is 1. The fourth-order valence-electron chi connectivity index (χ4n) is 3.95. The first-order chi connectivity index (χ1) is 15.1. The van der Waals surface area contributed by atoms with Gasteiger partial charge in [0.25, 0.3) is 5.91 Å². The van der Waals surface area contributed by atoms with Crippen molar-refractivity contribution in [2.75, 3.05) is 20.2 Å². The number of nitrogens with one attached hydrogen (secondary N) is 1. The molecule has 0 aliphatic carbocycles. The van der Waals surface area contributed by atoms with E-state index in [0.29, 0.717) is 23.6 Å². The number of hydrogen-bond donors (Lipinski definition) is 1. The van der Waals surface area contributed by atoms with E-state index in [1.54, 1.807) is 54.1 Å². The van der Waals surface area contributed by atoms with Gasteiger partial charge in [0.15, 0.2) is 0 Å². The van der Waals surface area contributed by atoms with E-state index in [9.17, 15) is 9.18 Å². The highest BCUT2D eigenvalue weighted by molar-refractivity contribution is 7.09. The summed E-state index contributed by atoms with van der Waals surface area (Å²) in [6.07, 6.45) is 5.17. The minimum Gasteiger partial charge on any atom is -0.497 e. The van der Waals surface area contributed by atoms with Crippen molar-refractivity contribution in [1.29, 1.82) is 0 Å². The molecule has 4 rings (SSSR count). The molecule has 1 fully saturated rings. The van der Waals surface area contributed by atoms with Crippen molar-refractivity contribution in [2.45, 2.75) is 25.4 Å². The number of amides is 1. The summed E-state index contributed by atoms with van der Waals surface area (Å²) in [6, 6.07) is 10.1. The Balaban J connectivity index is 1.40.